The summed E-state index contributed by atoms with van der Waals surface area (Å²) in [5, 5.41) is 3.63. The van der Waals surface area contributed by atoms with E-state index in [-0.39, 0.29) is 6.10 Å². The van der Waals surface area contributed by atoms with Gasteiger partial charge in [0.05, 0.1) is 6.07 Å². The third-order valence-electron chi connectivity index (χ3n) is 3.30. The number of nitrogens with zero attached hydrogens (tertiary/aromatic N) is 3. The Balaban J connectivity index is 1.88. The van der Waals surface area contributed by atoms with E-state index in [4.69, 9.17) is 4.74 Å². The van der Waals surface area contributed by atoms with Gasteiger partial charge in [-0.05, 0) is 26.7 Å². The Morgan fingerprint density at radius 2 is 2.06 bits per heavy atom. The number of piperidine rings is 1. The van der Waals surface area contributed by atoms with Crippen LogP contribution in [0.1, 0.15) is 26.7 Å². The fourth-order valence-corrected chi connectivity index (χ4v) is 2.21. The molecule has 96 valence electrons. The van der Waals surface area contributed by atoms with Crippen molar-refractivity contribution in [1.29, 1.82) is 0 Å². The average Bonchev–Trinajstić information content (AvgIpc) is 2.58. The topological polar surface area (TPSA) is 30.3 Å². The number of ether oxygens (including phenoxy) is 1. The first-order valence-electron chi connectivity index (χ1n) is 6.16. The molecular formula is C12H20FN3O. The molecule has 5 heteroatoms. The lowest BCUT2D eigenvalue weighted by molar-refractivity contribution is 0.0783. The van der Waals surface area contributed by atoms with Gasteiger partial charge in [0, 0.05) is 26.2 Å². The van der Waals surface area contributed by atoms with Gasteiger partial charge in [-0.1, -0.05) is 0 Å². The van der Waals surface area contributed by atoms with Crippen LogP contribution in [-0.4, -0.2) is 39.9 Å². The highest BCUT2D eigenvalue weighted by molar-refractivity contribution is 5.09. The first kappa shape index (κ1) is 12.4. The molecule has 1 fully saturated rings. The Bertz CT molecular complexity index is 370. The van der Waals surface area contributed by atoms with Gasteiger partial charge in [0.25, 0.3) is 0 Å². The second kappa shape index (κ2) is 5.04. The molecule has 0 aliphatic carbocycles. The van der Waals surface area contributed by atoms with Gasteiger partial charge < -0.3 is 9.64 Å². The van der Waals surface area contributed by atoms with Crippen molar-refractivity contribution >= 4 is 0 Å². The molecule has 0 unspecified atom stereocenters. The van der Waals surface area contributed by atoms with Crippen molar-refractivity contribution in [2.45, 2.75) is 38.8 Å². The maximum absolute atomic E-state index is 12.9. The van der Waals surface area contributed by atoms with Crippen molar-refractivity contribution in [3.63, 3.8) is 0 Å². The van der Waals surface area contributed by atoms with Crippen LogP contribution < -0.4 is 4.74 Å². The molecule has 1 saturated heterocycles. The molecule has 0 amide bonds. The van der Waals surface area contributed by atoms with Gasteiger partial charge in [-0.15, -0.1) is 5.10 Å². The molecule has 0 saturated carbocycles. The van der Waals surface area contributed by atoms with Crippen molar-refractivity contribution in [1.82, 2.24) is 14.7 Å². The zero-order chi connectivity index (χ0) is 12.4. The van der Waals surface area contributed by atoms with Crippen LogP contribution in [0.25, 0.3) is 0 Å². The monoisotopic (exact) mass is 241 g/mol. The molecule has 0 atom stereocenters. The van der Waals surface area contributed by atoms with Gasteiger partial charge in [0.2, 0.25) is 11.8 Å². The third kappa shape index (κ3) is 2.97. The van der Waals surface area contributed by atoms with Crippen LogP contribution >= 0.6 is 0 Å². The lowest BCUT2D eigenvalue weighted by atomic mass is 10.1. The smallest absolute Gasteiger partial charge is 0.236 e. The number of rotatable bonds is 3. The summed E-state index contributed by atoms with van der Waals surface area (Å²) in [4.78, 5) is 2.43. The summed E-state index contributed by atoms with van der Waals surface area (Å²) in [7, 11) is 1.70. The van der Waals surface area contributed by atoms with E-state index in [1.54, 1.807) is 7.05 Å². The van der Waals surface area contributed by atoms with E-state index in [0.717, 1.165) is 25.9 Å². The molecule has 0 bridgehead atoms. The maximum Gasteiger partial charge on any atom is 0.236 e. The van der Waals surface area contributed by atoms with E-state index in [9.17, 15) is 4.39 Å². The Labute approximate surface area is 101 Å². The van der Waals surface area contributed by atoms with Crippen molar-refractivity contribution in [2.24, 2.45) is 7.05 Å². The van der Waals surface area contributed by atoms with E-state index >= 15 is 0 Å². The fraction of sp³-hybridized carbons (Fsp3) is 0.750. The largest absolute Gasteiger partial charge is 0.474 e. The fourth-order valence-electron chi connectivity index (χ4n) is 2.21. The zero-order valence-corrected chi connectivity index (χ0v) is 10.7. The van der Waals surface area contributed by atoms with E-state index in [1.807, 2.05) is 0 Å². The Kier molecular flexibility index (Phi) is 3.66. The normalized spacial score (nSPS) is 18.9. The minimum Gasteiger partial charge on any atom is -0.474 e. The molecule has 17 heavy (non-hydrogen) atoms. The molecule has 0 N–H and O–H groups in total. The molecule has 4 nitrogen and oxygen atoms in total. The van der Waals surface area contributed by atoms with E-state index in [1.165, 1.54) is 10.7 Å². The van der Waals surface area contributed by atoms with E-state index in [0.29, 0.717) is 11.9 Å². The van der Waals surface area contributed by atoms with Crippen LogP contribution in [0.4, 0.5) is 4.39 Å². The summed E-state index contributed by atoms with van der Waals surface area (Å²) in [5.41, 5.74) is 0. The Hall–Kier alpha value is -1.10. The highest BCUT2D eigenvalue weighted by atomic mass is 19.1. The molecule has 1 aliphatic rings. The molecule has 1 aromatic rings. The minimum atomic E-state index is -0.484. The number of hydrogen-bond donors (Lipinski definition) is 0. The summed E-state index contributed by atoms with van der Waals surface area (Å²) in [6.45, 7) is 6.50. The maximum atomic E-state index is 12.9. The molecule has 1 aromatic heterocycles. The van der Waals surface area contributed by atoms with Gasteiger partial charge in [0.1, 0.15) is 6.10 Å². The number of hydrogen-bond acceptors (Lipinski definition) is 3. The van der Waals surface area contributed by atoms with Gasteiger partial charge in [-0.3, -0.25) is 0 Å². The number of aryl methyl sites for hydroxylation is 1. The van der Waals surface area contributed by atoms with Gasteiger partial charge in [0.15, 0.2) is 0 Å². The van der Waals surface area contributed by atoms with Crippen molar-refractivity contribution in [3.05, 3.63) is 12.0 Å². The van der Waals surface area contributed by atoms with Crippen LogP contribution in [0.15, 0.2) is 6.07 Å². The number of halogens is 1. The van der Waals surface area contributed by atoms with Crippen molar-refractivity contribution < 1.29 is 9.13 Å². The number of aromatic nitrogens is 2. The Morgan fingerprint density at radius 3 is 2.53 bits per heavy atom. The van der Waals surface area contributed by atoms with Gasteiger partial charge in [-0.25, -0.2) is 4.68 Å². The summed E-state index contributed by atoms with van der Waals surface area (Å²) in [6, 6.07) is 1.93. The van der Waals surface area contributed by atoms with E-state index < -0.39 is 5.95 Å². The average molecular weight is 241 g/mol. The van der Waals surface area contributed by atoms with Gasteiger partial charge in [-0.2, -0.15) is 4.39 Å². The summed E-state index contributed by atoms with van der Waals surface area (Å²) >= 11 is 0. The zero-order valence-electron chi connectivity index (χ0n) is 10.7. The second-order valence-corrected chi connectivity index (χ2v) is 4.88. The van der Waals surface area contributed by atoms with Crippen LogP contribution in [0.5, 0.6) is 5.88 Å². The van der Waals surface area contributed by atoms with Gasteiger partial charge >= 0.3 is 0 Å². The lowest BCUT2D eigenvalue weighted by Gasteiger charge is -2.34. The lowest BCUT2D eigenvalue weighted by Crippen LogP contribution is -2.41. The molecule has 0 radical (unpaired) electrons. The predicted molar refractivity (Wildman–Crippen MR) is 63.5 cm³/mol. The summed E-state index contributed by atoms with van der Waals surface area (Å²) < 4.78 is 20.1. The van der Waals surface area contributed by atoms with Crippen LogP contribution in [0.3, 0.4) is 0 Å². The summed E-state index contributed by atoms with van der Waals surface area (Å²) in [6.07, 6.45) is 2.16. The molecule has 2 rings (SSSR count). The highest BCUT2D eigenvalue weighted by Gasteiger charge is 2.23. The molecule has 0 aromatic carbocycles. The van der Waals surface area contributed by atoms with Crippen LogP contribution in [0, 0.1) is 5.95 Å². The molecular weight excluding hydrogens is 221 g/mol. The SMILES string of the molecule is CC(C)N1CCC(Oc2cc(F)nn2C)CC1. The van der Waals surface area contributed by atoms with E-state index in [2.05, 4.69) is 23.8 Å². The minimum absolute atomic E-state index is 0.180. The van der Waals surface area contributed by atoms with Crippen molar-refractivity contribution in [3.8, 4) is 5.88 Å². The van der Waals surface area contributed by atoms with Crippen LogP contribution in [-0.2, 0) is 7.05 Å². The summed E-state index contributed by atoms with van der Waals surface area (Å²) in [5.74, 6) is 0.0348. The molecule has 2 heterocycles. The standard InChI is InChI=1S/C12H20FN3O/c1-9(2)16-6-4-10(5-7-16)17-12-8-11(13)14-15(12)3/h8-10H,4-7H2,1-3H3. The van der Waals surface area contributed by atoms with Crippen molar-refractivity contribution in [2.75, 3.05) is 13.1 Å². The Morgan fingerprint density at radius 1 is 1.41 bits per heavy atom. The molecule has 1 aliphatic heterocycles. The van der Waals surface area contributed by atoms with Crippen LogP contribution in [0.2, 0.25) is 0 Å². The predicted octanol–water partition coefficient (Wildman–Crippen LogP) is 1.81. The second-order valence-electron chi connectivity index (χ2n) is 4.88. The first-order chi connectivity index (χ1) is 8.06. The quantitative estimate of drug-likeness (QED) is 0.808. The highest BCUT2D eigenvalue weighted by Crippen LogP contribution is 2.20. The third-order valence-corrected chi connectivity index (χ3v) is 3.30. The number of likely N-dealkylation sites (tertiary alicyclic amines) is 1. The first-order valence-corrected chi connectivity index (χ1v) is 6.16. The molecule has 0 spiro atoms.